The summed E-state index contributed by atoms with van der Waals surface area (Å²) < 4.78 is 10.5. The highest BCUT2D eigenvalue weighted by Gasteiger charge is 2.46. The summed E-state index contributed by atoms with van der Waals surface area (Å²) >= 11 is 0. The lowest BCUT2D eigenvalue weighted by molar-refractivity contribution is -0.266. The first-order valence-corrected chi connectivity index (χ1v) is 7.73. The van der Waals surface area contributed by atoms with Crippen molar-refractivity contribution in [2.75, 3.05) is 6.61 Å². The second kappa shape index (κ2) is 9.17. The number of nitrogens with two attached hydrogens (primary N) is 1. The van der Waals surface area contributed by atoms with E-state index in [1.54, 1.807) is 0 Å². The van der Waals surface area contributed by atoms with Gasteiger partial charge in [-0.2, -0.15) is 0 Å². The highest BCUT2D eigenvalue weighted by atomic mass is 16.6. The maximum absolute atomic E-state index is 12.0. The van der Waals surface area contributed by atoms with E-state index in [1.165, 1.54) is 20.8 Å². The third-order valence-electron chi connectivity index (χ3n) is 3.63. The van der Waals surface area contributed by atoms with E-state index in [0.29, 0.717) is 0 Å². The molecule has 0 bridgehead atoms. The Bertz CT molecular complexity index is 500. The maximum atomic E-state index is 12.0. The van der Waals surface area contributed by atoms with Crippen molar-refractivity contribution >= 4 is 17.7 Å². The average molecular weight is 363 g/mol. The van der Waals surface area contributed by atoms with Gasteiger partial charge in [-0.15, -0.1) is 0 Å². The average Bonchev–Trinajstić information content (AvgIpc) is 2.52. The zero-order chi connectivity index (χ0) is 19.3. The number of carbonyl (C=O) groups excluding carboxylic acids is 3. The quantitative estimate of drug-likeness (QED) is 0.277. The molecule has 7 N–H and O–H groups in total. The molecule has 3 amide bonds. The molecule has 1 fully saturated rings. The van der Waals surface area contributed by atoms with Gasteiger partial charge >= 0.3 is 0 Å². The lowest BCUT2D eigenvalue weighted by Crippen LogP contribution is -2.65. The summed E-state index contributed by atoms with van der Waals surface area (Å²) in [6.45, 7) is 3.28. The zero-order valence-corrected chi connectivity index (χ0v) is 14.2. The first kappa shape index (κ1) is 21.4. The zero-order valence-electron chi connectivity index (χ0n) is 14.2. The fourth-order valence-electron chi connectivity index (χ4n) is 2.27. The van der Waals surface area contributed by atoms with E-state index in [0.717, 1.165) is 0 Å². The van der Waals surface area contributed by atoms with Crippen molar-refractivity contribution in [2.45, 2.75) is 63.6 Å². The standard InChI is InChI=1S/C14H25N3O8/c1-5(15)12(21)17-13(22)6(2)24-11-9(16-7(3)19)14(23)25-8(4-18)10(11)20/h5-6,8-11,14,18,20,23H,4,15H2,1-3H3,(H,16,19)(H,17,21,22)/t5-,6?,8+,9+,10+,11+,14-/m0/s1. The summed E-state index contributed by atoms with van der Waals surface area (Å²) in [5.74, 6) is -2.04. The van der Waals surface area contributed by atoms with Crippen molar-refractivity contribution in [1.82, 2.24) is 10.6 Å². The Morgan fingerprint density at radius 3 is 2.32 bits per heavy atom. The normalized spacial score (nSPS) is 31.7. The number of ether oxygens (including phenoxy) is 2. The molecule has 144 valence electrons. The van der Waals surface area contributed by atoms with Gasteiger partial charge in [0.15, 0.2) is 6.29 Å². The molecular formula is C14H25N3O8. The highest BCUT2D eigenvalue weighted by Crippen LogP contribution is 2.23. The molecule has 0 aromatic rings. The van der Waals surface area contributed by atoms with Gasteiger partial charge in [-0.25, -0.2) is 0 Å². The fraction of sp³-hybridized carbons (Fsp3) is 0.786. The summed E-state index contributed by atoms with van der Waals surface area (Å²) in [6, 6.07) is -2.09. The second-order valence-corrected chi connectivity index (χ2v) is 5.85. The van der Waals surface area contributed by atoms with Gasteiger partial charge in [-0.3, -0.25) is 19.7 Å². The molecule has 25 heavy (non-hydrogen) atoms. The lowest BCUT2D eigenvalue weighted by Gasteiger charge is -2.43. The van der Waals surface area contributed by atoms with Crippen LogP contribution in [0.5, 0.6) is 0 Å². The molecule has 0 spiro atoms. The van der Waals surface area contributed by atoms with Crippen LogP contribution in [0.3, 0.4) is 0 Å². The van der Waals surface area contributed by atoms with Crippen LogP contribution in [0.25, 0.3) is 0 Å². The summed E-state index contributed by atoms with van der Waals surface area (Å²) in [5.41, 5.74) is 5.35. The number of carbonyl (C=O) groups is 3. The number of hydrogen-bond acceptors (Lipinski definition) is 9. The summed E-state index contributed by atoms with van der Waals surface area (Å²) in [5, 5.41) is 33.8. The topological polar surface area (TPSA) is 180 Å². The van der Waals surface area contributed by atoms with E-state index in [1.807, 2.05) is 5.32 Å². The van der Waals surface area contributed by atoms with Crippen LogP contribution < -0.4 is 16.4 Å². The molecule has 0 aliphatic carbocycles. The molecule has 1 unspecified atom stereocenters. The Morgan fingerprint density at radius 2 is 1.84 bits per heavy atom. The van der Waals surface area contributed by atoms with Gasteiger partial charge in [0.25, 0.3) is 5.91 Å². The molecule has 1 aliphatic rings. The Kier molecular flexibility index (Phi) is 7.86. The third kappa shape index (κ3) is 5.70. The number of rotatable bonds is 6. The van der Waals surface area contributed by atoms with Gasteiger partial charge in [0.1, 0.15) is 30.5 Å². The molecule has 11 nitrogen and oxygen atoms in total. The third-order valence-corrected chi connectivity index (χ3v) is 3.63. The number of imide groups is 1. The molecule has 1 aliphatic heterocycles. The number of aliphatic hydroxyl groups excluding tert-OH is 3. The van der Waals surface area contributed by atoms with Crippen molar-refractivity contribution in [3.05, 3.63) is 0 Å². The monoisotopic (exact) mass is 363 g/mol. The van der Waals surface area contributed by atoms with Crippen molar-refractivity contribution < 1.29 is 39.2 Å². The first-order valence-electron chi connectivity index (χ1n) is 7.73. The molecule has 0 aromatic carbocycles. The number of hydrogen-bond donors (Lipinski definition) is 6. The van der Waals surface area contributed by atoms with Crippen LogP contribution >= 0.6 is 0 Å². The van der Waals surface area contributed by atoms with Gasteiger partial charge < -0.3 is 35.8 Å². The predicted molar refractivity (Wildman–Crippen MR) is 82.7 cm³/mol. The van der Waals surface area contributed by atoms with Crippen molar-refractivity contribution in [2.24, 2.45) is 5.73 Å². The second-order valence-electron chi connectivity index (χ2n) is 5.85. The van der Waals surface area contributed by atoms with Crippen LogP contribution in [0.4, 0.5) is 0 Å². The van der Waals surface area contributed by atoms with E-state index in [-0.39, 0.29) is 0 Å². The molecule has 0 saturated carbocycles. The van der Waals surface area contributed by atoms with E-state index < -0.39 is 67.1 Å². The van der Waals surface area contributed by atoms with Gasteiger partial charge in [0.05, 0.1) is 12.6 Å². The minimum atomic E-state index is -1.57. The van der Waals surface area contributed by atoms with Gasteiger partial charge in [0.2, 0.25) is 11.8 Å². The van der Waals surface area contributed by atoms with E-state index >= 15 is 0 Å². The Hall–Kier alpha value is -1.63. The van der Waals surface area contributed by atoms with E-state index in [9.17, 15) is 29.7 Å². The molecule has 1 saturated heterocycles. The van der Waals surface area contributed by atoms with Crippen LogP contribution in [0.15, 0.2) is 0 Å². The van der Waals surface area contributed by atoms with Crippen LogP contribution in [-0.4, -0.2) is 82.4 Å². The number of amides is 3. The van der Waals surface area contributed by atoms with Crippen LogP contribution in [0, 0.1) is 0 Å². The van der Waals surface area contributed by atoms with Gasteiger partial charge in [0, 0.05) is 6.92 Å². The van der Waals surface area contributed by atoms with E-state index in [2.05, 4.69) is 5.32 Å². The SMILES string of the molecule is CC(=O)N[C@@H]1[C@@H](OC(C)C(=O)NC(=O)[C@H](C)N)[C@H](O)[C@@H](CO)O[C@@H]1O. The maximum Gasteiger partial charge on any atom is 0.255 e. The number of aliphatic hydroxyl groups is 3. The van der Waals surface area contributed by atoms with Gasteiger partial charge in [-0.05, 0) is 13.8 Å². The first-order chi connectivity index (χ1) is 11.6. The molecule has 0 radical (unpaired) electrons. The van der Waals surface area contributed by atoms with Crippen LogP contribution in [-0.2, 0) is 23.9 Å². The van der Waals surface area contributed by atoms with Crippen molar-refractivity contribution in [3.63, 3.8) is 0 Å². The Balaban J connectivity index is 2.88. The Morgan fingerprint density at radius 1 is 1.24 bits per heavy atom. The van der Waals surface area contributed by atoms with Gasteiger partial charge in [-0.1, -0.05) is 0 Å². The van der Waals surface area contributed by atoms with E-state index in [4.69, 9.17) is 15.2 Å². The molecule has 0 aromatic heterocycles. The fourth-order valence-corrected chi connectivity index (χ4v) is 2.27. The molecular weight excluding hydrogens is 338 g/mol. The Labute approximate surface area is 144 Å². The molecule has 1 rings (SSSR count). The smallest absolute Gasteiger partial charge is 0.255 e. The van der Waals surface area contributed by atoms with Crippen LogP contribution in [0.1, 0.15) is 20.8 Å². The van der Waals surface area contributed by atoms with Crippen molar-refractivity contribution in [1.29, 1.82) is 0 Å². The predicted octanol–water partition coefficient (Wildman–Crippen LogP) is -3.67. The number of nitrogens with one attached hydrogen (secondary N) is 2. The molecule has 1 heterocycles. The van der Waals surface area contributed by atoms with Crippen LogP contribution in [0.2, 0.25) is 0 Å². The minimum absolute atomic E-state index is 0.528. The van der Waals surface area contributed by atoms with Crippen molar-refractivity contribution in [3.8, 4) is 0 Å². The summed E-state index contributed by atoms with van der Waals surface area (Å²) in [4.78, 5) is 34.7. The molecule has 11 heteroatoms. The minimum Gasteiger partial charge on any atom is -0.394 e. The highest BCUT2D eigenvalue weighted by molar-refractivity contribution is 5.99. The molecule has 7 atom stereocenters. The largest absolute Gasteiger partial charge is 0.394 e. The lowest BCUT2D eigenvalue weighted by atomic mass is 9.96. The summed E-state index contributed by atoms with van der Waals surface area (Å²) in [6.07, 6.45) is -6.68. The summed E-state index contributed by atoms with van der Waals surface area (Å²) in [7, 11) is 0.